The van der Waals surface area contributed by atoms with Crippen LogP contribution in [0, 0.1) is 12.7 Å². The van der Waals surface area contributed by atoms with Gasteiger partial charge in [0.25, 0.3) is 5.56 Å². The van der Waals surface area contributed by atoms with Crippen LogP contribution in [0.1, 0.15) is 11.3 Å². The summed E-state index contributed by atoms with van der Waals surface area (Å²) in [6.45, 7) is 1.71. The minimum absolute atomic E-state index is 0.0374. The number of carbonyl (C=O) groups is 1. The van der Waals surface area contributed by atoms with Gasteiger partial charge in [-0.2, -0.15) is 0 Å². The summed E-state index contributed by atoms with van der Waals surface area (Å²) < 4.78 is 13.4. The first-order chi connectivity index (χ1) is 9.54. The van der Waals surface area contributed by atoms with Crippen molar-refractivity contribution < 1.29 is 9.18 Å². The Morgan fingerprint density at radius 3 is 2.85 bits per heavy atom. The fraction of sp³-hybridized carbons (Fsp3) is 0.214. The molecule has 0 saturated carbocycles. The molecule has 1 aromatic carbocycles. The molecule has 0 bridgehead atoms. The van der Waals surface area contributed by atoms with Crippen LogP contribution in [0.25, 0.3) is 0 Å². The molecule has 0 radical (unpaired) electrons. The topological polar surface area (TPSA) is 62.8 Å². The largest absolute Gasteiger partial charge is 0.301 e. The lowest BCUT2D eigenvalue weighted by molar-refractivity contribution is -0.116. The first-order valence-electron chi connectivity index (χ1n) is 6.00. The molecule has 104 valence electrons. The lowest BCUT2D eigenvalue weighted by atomic mass is 10.1. The average molecular weight is 292 g/mol. The summed E-state index contributed by atoms with van der Waals surface area (Å²) in [4.78, 5) is 29.7. The summed E-state index contributed by atoms with van der Waals surface area (Å²) in [5, 5.41) is 0.400. The Bertz CT molecular complexity index is 685. The maximum atomic E-state index is 13.4. The standard InChI is InChI=1S/C14H13FN2O2S/c1-9-6-13(19)17-14(16-9)20-8-11(18)7-10-4-2-3-5-12(10)15/h2-6H,7-8H2,1H3,(H,16,17,19). The third-order valence-electron chi connectivity index (χ3n) is 2.56. The highest BCUT2D eigenvalue weighted by Crippen LogP contribution is 2.14. The third kappa shape index (κ3) is 4.03. The third-order valence-corrected chi connectivity index (χ3v) is 3.50. The number of H-pyrrole nitrogens is 1. The molecule has 4 nitrogen and oxygen atoms in total. The number of rotatable bonds is 5. The Hall–Kier alpha value is -1.95. The summed E-state index contributed by atoms with van der Waals surface area (Å²) >= 11 is 1.14. The molecule has 1 aromatic heterocycles. The molecule has 0 saturated heterocycles. The fourth-order valence-corrected chi connectivity index (χ4v) is 2.46. The summed E-state index contributed by atoms with van der Waals surface area (Å²) in [7, 11) is 0. The van der Waals surface area contributed by atoms with Gasteiger partial charge >= 0.3 is 0 Å². The molecule has 0 aliphatic heterocycles. The van der Waals surface area contributed by atoms with Gasteiger partial charge in [-0.15, -0.1) is 0 Å². The van der Waals surface area contributed by atoms with Crippen molar-refractivity contribution in [1.82, 2.24) is 9.97 Å². The normalized spacial score (nSPS) is 10.5. The van der Waals surface area contributed by atoms with Crippen LogP contribution < -0.4 is 5.56 Å². The van der Waals surface area contributed by atoms with Crippen molar-refractivity contribution in [3.05, 3.63) is 57.8 Å². The first kappa shape index (κ1) is 14.5. The predicted octanol–water partition coefficient (Wildman–Crippen LogP) is 2.12. The van der Waals surface area contributed by atoms with Crippen LogP contribution in [-0.2, 0) is 11.2 Å². The molecular weight excluding hydrogens is 279 g/mol. The summed E-state index contributed by atoms with van der Waals surface area (Å²) in [6.07, 6.45) is 0.0374. The van der Waals surface area contributed by atoms with Gasteiger partial charge in [-0.25, -0.2) is 9.37 Å². The monoisotopic (exact) mass is 292 g/mol. The second-order valence-electron chi connectivity index (χ2n) is 4.29. The number of ketones is 1. The number of benzene rings is 1. The minimum atomic E-state index is -0.382. The lowest BCUT2D eigenvalue weighted by Gasteiger charge is -2.03. The quantitative estimate of drug-likeness (QED) is 0.677. The van der Waals surface area contributed by atoms with Gasteiger partial charge in [0.2, 0.25) is 0 Å². The molecule has 6 heteroatoms. The van der Waals surface area contributed by atoms with Gasteiger partial charge in [0, 0.05) is 18.2 Å². The van der Waals surface area contributed by atoms with Crippen LogP contribution in [-0.4, -0.2) is 21.5 Å². The smallest absolute Gasteiger partial charge is 0.251 e. The van der Waals surface area contributed by atoms with Crippen LogP contribution >= 0.6 is 11.8 Å². The first-order valence-corrected chi connectivity index (χ1v) is 6.99. The molecule has 2 rings (SSSR count). The number of Topliss-reactive ketones (excluding diaryl/α,β-unsaturated/α-hetero) is 1. The van der Waals surface area contributed by atoms with E-state index in [-0.39, 0.29) is 29.3 Å². The molecule has 0 amide bonds. The Morgan fingerprint density at radius 2 is 2.15 bits per heavy atom. The van der Waals surface area contributed by atoms with Crippen molar-refractivity contribution in [3.8, 4) is 0 Å². The molecule has 1 N–H and O–H groups in total. The van der Waals surface area contributed by atoms with Gasteiger partial charge in [-0.05, 0) is 18.6 Å². The van der Waals surface area contributed by atoms with E-state index in [1.165, 1.54) is 12.1 Å². The van der Waals surface area contributed by atoms with Crippen LogP contribution in [0.3, 0.4) is 0 Å². The Morgan fingerprint density at radius 1 is 1.40 bits per heavy atom. The maximum Gasteiger partial charge on any atom is 0.251 e. The number of halogens is 1. The van der Waals surface area contributed by atoms with E-state index in [4.69, 9.17) is 0 Å². The lowest BCUT2D eigenvalue weighted by Crippen LogP contribution is -2.11. The number of thioether (sulfide) groups is 1. The number of aromatic nitrogens is 2. The number of hydrogen-bond donors (Lipinski definition) is 1. The van der Waals surface area contributed by atoms with Crippen LogP contribution in [0.4, 0.5) is 4.39 Å². The van der Waals surface area contributed by atoms with E-state index in [1.54, 1.807) is 25.1 Å². The van der Waals surface area contributed by atoms with E-state index < -0.39 is 0 Å². The zero-order valence-electron chi connectivity index (χ0n) is 10.9. The molecular formula is C14H13FN2O2S. The van der Waals surface area contributed by atoms with Gasteiger partial charge < -0.3 is 4.98 Å². The van der Waals surface area contributed by atoms with E-state index in [2.05, 4.69) is 9.97 Å². The molecule has 0 atom stereocenters. The predicted molar refractivity (Wildman–Crippen MR) is 75.4 cm³/mol. The number of carbonyl (C=O) groups excluding carboxylic acids is 1. The average Bonchev–Trinajstić information content (AvgIpc) is 2.38. The van der Waals surface area contributed by atoms with Gasteiger partial charge in [0.1, 0.15) is 11.6 Å². The highest BCUT2D eigenvalue weighted by atomic mass is 32.2. The summed E-state index contributed by atoms with van der Waals surface area (Å²) in [5.41, 5.74) is 0.725. The van der Waals surface area contributed by atoms with Crippen molar-refractivity contribution >= 4 is 17.5 Å². The van der Waals surface area contributed by atoms with Crippen LogP contribution in [0.5, 0.6) is 0 Å². The molecule has 0 spiro atoms. The minimum Gasteiger partial charge on any atom is -0.301 e. The van der Waals surface area contributed by atoms with Gasteiger partial charge in [0.05, 0.1) is 5.75 Å². The molecule has 0 unspecified atom stereocenters. The van der Waals surface area contributed by atoms with E-state index in [0.29, 0.717) is 16.4 Å². The summed E-state index contributed by atoms with van der Waals surface area (Å²) in [6, 6.07) is 7.57. The van der Waals surface area contributed by atoms with Crippen LogP contribution in [0.2, 0.25) is 0 Å². The van der Waals surface area contributed by atoms with Crippen molar-refractivity contribution in [2.24, 2.45) is 0 Å². The zero-order valence-corrected chi connectivity index (χ0v) is 11.7. The van der Waals surface area contributed by atoms with Crippen molar-refractivity contribution in [1.29, 1.82) is 0 Å². The Labute approximate surface area is 119 Å². The molecule has 0 fully saturated rings. The second kappa shape index (κ2) is 6.47. The number of nitrogens with zero attached hydrogens (tertiary/aromatic N) is 1. The molecule has 1 heterocycles. The van der Waals surface area contributed by atoms with Gasteiger partial charge in [-0.1, -0.05) is 30.0 Å². The van der Waals surface area contributed by atoms with E-state index >= 15 is 0 Å². The Kier molecular flexibility index (Phi) is 4.68. The Balaban J connectivity index is 1.96. The number of nitrogens with one attached hydrogen (secondary N) is 1. The number of aryl methyl sites for hydroxylation is 1. The maximum absolute atomic E-state index is 13.4. The number of hydrogen-bond acceptors (Lipinski definition) is 4. The highest BCUT2D eigenvalue weighted by Gasteiger charge is 2.09. The molecule has 20 heavy (non-hydrogen) atoms. The summed E-state index contributed by atoms with van der Waals surface area (Å²) in [5.74, 6) is -0.363. The highest BCUT2D eigenvalue weighted by molar-refractivity contribution is 7.99. The van der Waals surface area contributed by atoms with E-state index in [0.717, 1.165) is 11.8 Å². The zero-order chi connectivity index (χ0) is 14.5. The van der Waals surface area contributed by atoms with Crippen molar-refractivity contribution in [3.63, 3.8) is 0 Å². The molecule has 2 aromatic rings. The van der Waals surface area contributed by atoms with Crippen molar-refractivity contribution in [2.75, 3.05) is 5.75 Å². The van der Waals surface area contributed by atoms with Gasteiger partial charge in [0.15, 0.2) is 5.16 Å². The van der Waals surface area contributed by atoms with E-state index in [1.807, 2.05) is 0 Å². The van der Waals surface area contributed by atoms with Crippen molar-refractivity contribution in [2.45, 2.75) is 18.5 Å². The molecule has 0 aliphatic carbocycles. The van der Waals surface area contributed by atoms with E-state index in [9.17, 15) is 14.0 Å². The SMILES string of the molecule is Cc1cc(=O)[nH]c(SCC(=O)Cc2ccccc2F)n1. The van der Waals surface area contributed by atoms with Gasteiger partial charge in [-0.3, -0.25) is 9.59 Å². The number of aromatic amines is 1. The molecule has 0 aliphatic rings. The second-order valence-corrected chi connectivity index (χ2v) is 5.25. The van der Waals surface area contributed by atoms with Crippen LogP contribution in [0.15, 0.2) is 40.3 Å². The fourth-order valence-electron chi connectivity index (χ4n) is 1.67.